The molecule has 2 rings (SSSR count). The molecular formula is C12H16ClNO2S. The van der Waals surface area contributed by atoms with Crippen molar-refractivity contribution in [3.8, 4) is 0 Å². The van der Waals surface area contributed by atoms with Gasteiger partial charge in [0, 0.05) is 6.54 Å². The minimum Gasteiger partial charge on any atom is -0.393 e. The van der Waals surface area contributed by atoms with Crippen molar-refractivity contribution in [3.63, 3.8) is 0 Å². The Morgan fingerprint density at radius 2 is 2.12 bits per heavy atom. The molecule has 2 N–H and O–H groups in total. The average Bonchev–Trinajstić information content (AvgIpc) is 2.75. The van der Waals surface area contributed by atoms with Crippen molar-refractivity contribution in [2.24, 2.45) is 5.92 Å². The number of hydrogen-bond acceptors (Lipinski definition) is 3. The maximum atomic E-state index is 11.8. The minimum absolute atomic E-state index is 0.0481. The third-order valence-corrected chi connectivity index (χ3v) is 4.39. The summed E-state index contributed by atoms with van der Waals surface area (Å²) in [5, 5.41) is 12.3. The van der Waals surface area contributed by atoms with Gasteiger partial charge in [-0.2, -0.15) is 0 Å². The number of rotatable bonds is 3. The second kappa shape index (κ2) is 5.85. The molecule has 94 valence electrons. The molecule has 0 atom stereocenters. The molecule has 0 radical (unpaired) electrons. The van der Waals surface area contributed by atoms with Crippen molar-refractivity contribution < 1.29 is 9.90 Å². The molecule has 5 heteroatoms. The summed E-state index contributed by atoms with van der Waals surface area (Å²) in [6, 6.07) is 3.48. The smallest absolute Gasteiger partial charge is 0.261 e. The van der Waals surface area contributed by atoms with Crippen molar-refractivity contribution in [3.05, 3.63) is 21.3 Å². The summed E-state index contributed by atoms with van der Waals surface area (Å²) >= 11 is 7.08. The lowest BCUT2D eigenvalue weighted by atomic mass is 9.87. The van der Waals surface area contributed by atoms with E-state index in [9.17, 15) is 9.90 Å². The van der Waals surface area contributed by atoms with Gasteiger partial charge in [0.1, 0.15) is 0 Å². The summed E-state index contributed by atoms with van der Waals surface area (Å²) in [5.41, 5.74) is 0. The first-order valence-corrected chi connectivity index (χ1v) is 7.06. The van der Waals surface area contributed by atoms with Gasteiger partial charge in [0.25, 0.3) is 5.91 Å². The second-order valence-corrected chi connectivity index (χ2v) is 6.20. The molecule has 1 fully saturated rings. The molecule has 1 aromatic heterocycles. The molecule has 0 aliphatic heterocycles. The van der Waals surface area contributed by atoms with E-state index in [-0.39, 0.29) is 12.0 Å². The van der Waals surface area contributed by atoms with Crippen LogP contribution in [0.25, 0.3) is 0 Å². The van der Waals surface area contributed by atoms with E-state index in [0.29, 0.717) is 21.7 Å². The van der Waals surface area contributed by atoms with Gasteiger partial charge < -0.3 is 10.4 Å². The number of carbonyl (C=O) groups excluding carboxylic acids is 1. The van der Waals surface area contributed by atoms with Gasteiger partial charge in [-0.05, 0) is 43.7 Å². The molecule has 0 saturated heterocycles. The van der Waals surface area contributed by atoms with Crippen molar-refractivity contribution in [2.75, 3.05) is 6.54 Å². The van der Waals surface area contributed by atoms with Crippen LogP contribution in [0.3, 0.4) is 0 Å². The van der Waals surface area contributed by atoms with Crippen LogP contribution >= 0.6 is 22.9 Å². The number of nitrogens with one attached hydrogen (secondary N) is 1. The summed E-state index contributed by atoms with van der Waals surface area (Å²) in [4.78, 5) is 12.4. The van der Waals surface area contributed by atoms with Gasteiger partial charge in [-0.25, -0.2) is 0 Å². The molecule has 1 heterocycles. The predicted molar refractivity (Wildman–Crippen MR) is 69.6 cm³/mol. The summed E-state index contributed by atoms with van der Waals surface area (Å²) in [5.74, 6) is 0.450. The lowest BCUT2D eigenvalue weighted by Gasteiger charge is -2.25. The van der Waals surface area contributed by atoms with E-state index in [1.165, 1.54) is 11.3 Å². The Bertz CT molecular complexity index is 386. The van der Waals surface area contributed by atoms with Gasteiger partial charge in [-0.15, -0.1) is 11.3 Å². The largest absolute Gasteiger partial charge is 0.393 e. The Labute approximate surface area is 110 Å². The fourth-order valence-electron chi connectivity index (χ4n) is 2.11. The third kappa shape index (κ3) is 3.69. The molecule has 0 unspecified atom stereocenters. The normalized spacial score (nSPS) is 24.6. The van der Waals surface area contributed by atoms with Crippen LogP contribution in [0.2, 0.25) is 4.34 Å². The summed E-state index contributed by atoms with van der Waals surface area (Å²) in [7, 11) is 0. The molecule has 3 nitrogen and oxygen atoms in total. The lowest BCUT2D eigenvalue weighted by Crippen LogP contribution is -2.31. The van der Waals surface area contributed by atoms with Crippen LogP contribution in [-0.4, -0.2) is 23.7 Å². The highest BCUT2D eigenvalue weighted by Crippen LogP contribution is 2.24. The van der Waals surface area contributed by atoms with Crippen molar-refractivity contribution >= 4 is 28.8 Å². The Morgan fingerprint density at radius 1 is 1.41 bits per heavy atom. The van der Waals surface area contributed by atoms with Crippen LogP contribution in [0.4, 0.5) is 0 Å². The average molecular weight is 274 g/mol. The predicted octanol–water partition coefficient (Wildman–Crippen LogP) is 2.68. The van der Waals surface area contributed by atoms with E-state index >= 15 is 0 Å². The van der Waals surface area contributed by atoms with Crippen LogP contribution in [-0.2, 0) is 0 Å². The summed E-state index contributed by atoms with van der Waals surface area (Å²) < 4.78 is 0.635. The zero-order valence-corrected chi connectivity index (χ0v) is 11.1. The molecule has 1 aliphatic rings. The van der Waals surface area contributed by atoms with E-state index in [4.69, 9.17) is 11.6 Å². The minimum atomic E-state index is -0.141. The molecule has 1 amide bonds. The second-order valence-electron chi connectivity index (χ2n) is 4.49. The number of aliphatic hydroxyl groups is 1. The van der Waals surface area contributed by atoms with Crippen LogP contribution in [0, 0.1) is 5.92 Å². The molecule has 1 aromatic rings. The van der Waals surface area contributed by atoms with Crippen molar-refractivity contribution in [1.82, 2.24) is 5.32 Å². The zero-order valence-electron chi connectivity index (χ0n) is 9.49. The highest BCUT2D eigenvalue weighted by molar-refractivity contribution is 7.17. The highest BCUT2D eigenvalue weighted by Gasteiger charge is 2.20. The Hall–Kier alpha value is -0.580. The third-order valence-electron chi connectivity index (χ3n) is 3.16. The monoisotopic (exact) mass is 273 g/mol. The molecule has 0 aromatic carbocycles. The topological polar surface area (TPSA) is 49.3 Å². The molecule has 0 bridgehead atoms. The number of thiophene rings is 1. The highest BCUT2D eigenvalue weighted by atomic mass is 35.5. The number of amides is 1. The SMILES string of the molecule is O=C(NCC1CCC(O)CC1)c1ccc(Cl)s1. The fraction of sp³-hybridized carbons (Fsp3) is 0.583. The van der Waals surface area contributed by atoms with Crippen LogP contribution < -0.4 is 5.32 Å². The van der Waals surface area contributed by atoms with Crippen molar-refractivity contribution in [1.29, 1.82) is 0 Å². The molecule has 0 spiro atoms. The van der Waals surface area contributed by atoms with E-state index in [0.717, 1.165) is 25.7 Å². The first-order valence-electron chi connectivity index (χ1n) is 5.87. The number of aliphatic hydroxyl groups excluding tert-OH is 1. The number of hydrogen-bond donors (Lipinski definition) is 2. The van der Waals surface area contributed by atoms with Gasteiger partial charge >= 0.3 is 0 Å². The van der Waals surface area contributed by atoms with Gasteiger partial charge in [-0.1, -0.05) is 11.6 Å². The van der Waals surface area contributed by atoms with E-state index < -0.39 is 0 Å². The van der Waals surface area contributed by atoms with Crippen LogP contribution in [0.5, 0.6) is 0 Å². The summed E-state index contributed by atoms with van der Waals surface area (Å²) in [6.07, 6.45) is 3.55. The number of halogens is 1. The fourth-order valence-corrected chi connectivity index (χ4v) is 3.07. The van der Waals surface area contributed by atoms with Gasteiger partial charge in [0.05, 0.1) is 15.3 Å². The maximum Gasteiger partial charge on any atom is 0.261 e. The molecule has 1 saturated carbocycles. The maximum absolute atomic E-state index is 11.8. The Balaban J connectivity index is 1.76. The molecular weight excluding hydrogens is 258 g/mol. The van der Waals surface area contributed by atoms with Gasteiger partial charge in [0.2, 0.25) is 0 Å². The first-order chi connectivity index (χ1) is 8.15. The molecule has 1 aliphatic carbocycles. The van der Waals surface area contributed by atoms with Gasteiger partial charge in [-0.3, -0.25) is 4.79 Å². The lowest BCUT2D eigenvalue weighted by molar-refractivity contribution is 0.0914. The van der Waals surface area contributed by atoms with E-state index in [2.05, 4.69) is 5.32 Å². The quantitative estimate of drug-likeness (QED) is 0.890. The summed E-state index contributed by atoms with van der Waals surface area (Å²) in [6.45, 7) is 0.696. The standard InChI is InChI=1S/C12H16ClNO2S/c13-11-6-5-10(17-11)12(16)14-7-8-1-3-9(15)4-2-8/h5-6,8-9,15H,1-4,7H2,(H,14,16). The van der Waals surface area contributed by atoms with E-state index in [1.807, 2.05) is 0 Å². The Morgan fingerprint density at radius 3 is 2.71 bits per heavy atom. The van der Waals surface area contributed by atoms with Gasteiger partial charge in [0.15, 0.2) is 0 Å². The van der Waals surface area contributed by atoms with E-state index in [1.54, 1.807) is 12.1 Å². The Kier molecular flexibility index (Phi) is 4.42. The van der Waals surface area contributed by atoms with Crippen molar-refractivity contribution in [2.45, 2.75) is 31.8 Å². The number of carbonyl (C=O) groups is 1. The zero-order chi connectivity index (χ0) is 12.3. The van der Waals surface area contributed by atoms with Crippen LogP contribution in [0.15, 0.2) is 12.1 Å². The molecule has 17 heavy (non-hydrogen) atoms. The first kappa shape index (κ1) is 12.9. The van der Waals surface area contributed by atoms with Crippen LogP contribution in [0.1, 0.15) is 35.4 Å².